The lowest BCUT2D eigenvalue weighted by molar-refractivity contribution is -0.231. The molecule has 0 fully saturated rings. The van der Waals surface area contributed by atoms with Crippen LogP contribution in [0.4, 0.5) is 0 Å². The van der Waals surface area contributed by atoms with Gasteiger partial charge >= 0.3 is 5.97 Å². The van der Waals surface area contributed by atoms with E-state index in [1.54, 1.807) is 0 Å². The molecule has 0 spiro atoms. The molecule has 0 radical (unpaired) electrons. The molecule has 0 aromatic carbocycles. The number of hydrogen-bond donors (Lipinski definition) is 1. The van der Waals surface area contributed by atoms with Gasteiger partial charge in [-0.25, -0.2) is 4.79 Å². The summed E-state index contributed by atoms with van der Waals surface area (Å²) in [5, 5.41) is 7.29. The Morgan fingerprint density at radius 1 is 1.71 bits per heavy atom. The Bertz CT molecular complexity index is 50.9. The summed E-state index contributed by atoms with van der Waals surface area (Å²) in [5.74, 6) is -0.690. The average molecular weight is 106 g/mol. The number of rotatable bonds is 0. The third kappa shape index (κ3) is 40.5. The summed E-state index contributed by atoms with van der Waals surface area (Å²) in [6.07, 6.45) is 0. The molecular formula is C3H6O4. The maximum atomic E-state index is 9.34. The molecule has 1 N–H and O–H groups in total. The molecule has 0 aromatic rings. The van der Waals surface area contributed by atoms with Crippen LogP contribution in [-0.2, 0) is 14.5 Å². The Hall–Kier alpha value is -0.900. The van der Waals surface area contributed by atoms with Crippen molar-refractivity contribution in [3.05, 3.63) is 0 Å². The molecule has 0 unspecified atom stereocenters. The molecular weight excluding hydrogens is 100 g/mol. The van der Waals surface area contributed by atoms with Crippen molar-refractivity contribution in [3.63, 3.8) is 0 Å². The topological polar surface area (TPSA) is 63.6 Å². The Morgan fingerprint density at radius 3 is 1.86 bits per heavy atom. The van der Waals surface area contributed by atoms with Gasteiger partial charge in [-0.05, 0) is 0 Å². The first kappa shape index (κ1) is 9.44. The van der Waals surface area contributed by atoms with Crippen LogP contribution in [0.1, 0.15) is 6.92 Å². The van der Waals surface area contributed by atoms with Crippen LogP contribution in [0.15, 0.2) is 0 Å². The van der Waals surface area contributed by atoms with Gasteiger partial charge in [0.05, 0.1) is 0 Å². The fourth-order valence-electron chi connectivity index (χ4n) is 0. The molecule has 0 heterocycles. The molecule has 0 atom stereocenters. The quantitative estimate of drug-likeness (QED) is 0.344. The van der Waals surface area contributed by atoms with E-state index in [-0.39, 0.29) is 0 Å². The molecule has 0 aromatic heterocycles. The predicted octanol–water partition coefficient (Wildman–Crippen LogP) is -0.162. The zero-order chi connectivity index (χ0) is 6.28. The molecule has 0 saturated carbocycles. The van der Waals surface area contributed by atoms with Crippen molar-refractivity contribution in [2.24, 2.45) is 0 Å². The molecule has 0 amide bonds. The first-order valence-electron chi connectivity index (χ1n) is 1.38. The van der Waals surface area contributed by atoms with Crippen LogP contribution in [0.5, 0.6) is 0 Å². The van der Waals surface area contributed by atoms with Crippen molar-refractivity contribution in [1.29, 1.82) is 0 Å². The monoisotopic (exact) mass is 106 g/mol. The van der Waals surface area contributed by atoms with Gasteiger partial charge < -0.3 is 9.68 Å². The minimum absolute atomic E-state index is 0.690. The molecule has 0 aliphatic carbocycles. The Kier molecular flexibility index (Phi) is 12.0. The van der Waals surface area contributed by atoms with E-state index in [1.165, 1.54) is 0 Å². The van der Waals surface area contributed by atoms with Gasteiger partial charge in [0, 0.05) is 6.92 Å². The zero-order valence-corrected chi connectivity index (χ0v) is 3.88. The van der Waals surface area contributed by atoms with E-state index in [0.717, 1.165) is 6.92 Å². The van der Waals surface area contributed by atoms with Crippen LogP contribution < -0.4 is 0 Å². The Labute approximate surface area is 40.6 Å². The van der Waals surface area contributed by atoms with E-state index >= 15 is 0 Å². The Balaban J connectivity index is 0. The van der Waals surface area contributed by atoms with E-state index in [4.69, 9.17) is 10.1 Å². The first-order chi connectivity index (χ1) is 3.27. The first-order valence-corrected chi connectivity index (χ1v) is 1.38. The fraction of sp³-hybridized carbons (Fsp3) is 0.333. The largest absolute Gasteiger partial charge is 0.339 e. The van der Waals surface area contributed by atoms with E-state index in [2.05, 4.69) is 4.89 Å². The van der Waals surface area contributed by atoms with Crippen molar-refractivity contribution >= 4 is 12.8 Å². The van der Waals surface area contributed by atoms with Gasteiger partial charge in [0.15, 0.2) is 0 Å². The summed E-state index contributed by atoms with van der Waals surface area (Å²) < 4.78 is 0. The van der Waals surface area contributed by atoms with Gasteiger partial charge in [-0.1, -0.05) is 0 Å². The van der Waals surface area contributed by atoms with Gasteiger partial charge in [0.2, 0.25) is 0 Å². The van der Waals surface area contributed by atoms with Gasteiger partial charge in [0.25, 0.3) is 0 Å². The molecule has 0 aliphatic heterocycles. The smallest absolute Gasteiger partial charge is 0.307 e. The van der Waals surface area contributed by atoms with E-state index < -0.39 is 5.97 Å². The van der Waals surface area contributed by atoms with E-state index in [1.807, 2.05) is 6.79 Å². The number of carbonyl (C=O) groups excluding carboxylic acids is 2. The highest BCUT2D eigenvalue weighted by Gasteiger charge is 1.79. The minimum atomic E-state index is -0.690. The van der Waals surface area contributed by atoms with Crippen molar-refractivity contribution < 1.29 is 19.7 Å². The number of hydrogen-bond acceptors (Lipinski definition) is 4. The Morgan fingerprint density at radius 2 is 1.86 bits per heavy atom. The molecule has 4 heteroatoms. The lowest BCUT2D eigenvalue weighted by Gasteiger charge is -1.76. The van der Waals surface area contributed by atoms with E-state index in [9.17, 15) is 4.79 Å². The molecule has 7 heavy (non-hydrogen) atoms. The maximum absolute atomic E-state index is 9.34. The minimum Gasteiger partial charge on any atom is -0.307 e. The second-order valence-corrected chi connectivity index (χ2v) is 0.583. The van der Waals surface area contributed by atoms with Gasteiger partial charge in [0.1, 0.15) is 6.79 Å². The zero-order valence-electron chi connectivity index (χ0n) is 3.88. The van der Waals surface area contributed by atoms with Crippen molar-refractivity contribution in [2.75, 3.05) is 0 Å². The van der Waals surface area contributed by atoms with Crippen LogP contribution in [0.3, 0.4) is 0 Å². The van der Waals surface area contributed by atoms with E-state index in [0.29, 0.717) is 0 Å². The van der Waals surface area contributed by atoms with Crippen LogP contribution in [0.2, 0.25) is 0 Å². The third-order valence-corrected chi connectivity index (χ3v) is 0.129. The summed E-state index contributed by atoms with van der Waals surface area (Å²) in [7, 11) is 0. The second kappa shape index (κ2) is 8.92. The summed E-state index contributed by atoms with van der Waals surface area (Å²) in [4.78, 5) is 20.5. The van der Waals surface area contributed by atoms with Crippen molar-refractivity contribution in [2.45, 2.75) is 6.92 Å². The highest BCUT2D eigenvalue weighted by molar-refractivity contribution is 5.64. The van der Waals surface area contributed by atoms with Crippen LogP contribution >= 0.6 is 0 Å². The van der Waals surface area contributed by atoms with Gasteiger partial charge in [-0.3, -0.25) is 0 Å². The van der Waals surface area contributed by atoms with Crippen molar-refractivity contribution in [1.82, 2.24) is 0 Å². The summed E-state index contributed by atoms with van der Waals surface area (Å²) in [6, 6.07) is 0. The maximum Gasteiger partial charge on any atom is 0.339 e. The SMILES string of the molecule is C=O.CC(=O)OO. The third-order valence-electron chi connectivity index (χ3n) is 0.129. The molecule has 0 rings (SSSR count). The average Bonchev–Trinajstić information content (AvgIpc) is 1.73. The van der Waals surface area contributed by atoms with Crippen molar-refractivity contribution in [3.8, 4) is 0 Å². The van der Waals surface area contributed by atoms with Crippen LogP contribution in [0, 0.1) is 0 Å². The summed E-state index contributed by atoms with van der Waals surface area (Å²) in [5.41, 5.74) is 0. The summed E-state index contributed by atoms with van der Waals surface area (Å²) >= 11 is 0. The predicted molar refractivity (Wildman–Crippen MR) is 21.5 cm³/mol. The fourth-order valence-corrected chi connectivity index (χ4v) is 0. The lowest BCUT2D eigenvalue weighted by atomic mass is 10.9. The highest BCUT2D eigenvalue weighted by atomic mass is 17.1. The molecule has 0 aliphatic rings. The molecule has 0 saturated heterocycles. The van der Waals surface area contributed by atoms with Crippen LogP contribution in [-0.4, -0.2) is 18.0 Å². The van der Waals surface area contributed by atoms with Crippen LogP contribution in [0.25, 0.3) is 0 Å². The number of carbonyl (C=O) groups is 2. The van der Waals surface area contributed by atoms with Gasteiger partial charge in [-0.15, -0.1) is 0 Å². The molecule has 0 bridgehead atoms. The highest BCUT2D eigenvalue weighted by Crippen LogP contribution is 1.59. The van der Waals surface area contributed by atoms with Gasteiger partial charge in [-0.2, -0.15) is 5.26 Å². The molecule has 42 valence electrons. The lowest BCUT2D eigenvalue weighted by Crippen LogP contribution is -1.89. The standard InChI is InChI=1S/C2H4O3.CH2O/c1-2(3)5-4;1-2/h4H,1H3;1H2. The molecule has 4 nitrogen and oxygen atoms in total. The second-order valence-electron chi connectivity index (χ2n) is 0.583. The summed E-state index contributed by atoms with van der Waals surface area (Å²) in [6.45, 7) is 3.11. The normalized spacial score (nSPS) is 5.43.